The van der Waals surface area contributed by atoms with E-state index in [1.54, 1.807) is 0 Å². The molecule has 1 aliphatic rings. The molecule has 0 aliphatic carbocycles. The minimum atomic E-state index is -0.699. The lowest BCUT2D eigenvalue weighted by Crippen LogP contribution is -2.37. The van der Waals surface area contributed by atoms with Gasteiger partial charge in [-0.25, -0.2) is 0 Å². The molecule has 0 aromatic rings. The molecule has 0 amide bonds. The van der Waals surface area contributed by atoms with Crippen LogP contribution in [-0.2, 0) is 4.74 Å². The summed E-state index contributed by atoms with van der Waals surface area (Å²) in [6.45, 7) is 0.182. The van der Waals surface area contributed by atoms with Crippen molar-refractivity contribution in [2.24, 2.45) is 5.73 Å². The van der Waals surface area contributed by atoms with Gasteiger partial charge >= 0.3 is 0 Å². The molecule has 1 saturated heterocycles. The molecule has 0 aromatic heterocycles. The fourth-order valence-corrected chi connectivity index (χ4v) is 0.868. The van der Waals surface area contributed by atoms with E-state index in [9.17, 15) is 0 Å². The average molecular weight is 133 g/mol. The van der Waals surface area contributed by atoms with Crippen molar-refractivity contribution in [2.45, 2.75) is 18.2 Å². The summed E-state index contributed by atoms with van der Waals surface area (Å²) in [5.74, 6) is 0. The maximum atomic E-state index is 9.05. The first-order chi connectivity index (χ1) is 4.25. The number of aliphatic hydroxyl groups excluding tert-OH is 2. The maximum Gasteiger partial charge on any atom is 0.108 e. The first-order valence-electron chi connectivity index (χ1n) is 2.92. The summed E-state index contributed by atoms with van der Waals surface area (Å²) < 4.78 is 4.90. The van der Waals surface area contributed by atoms with Gasteiger partial charge in [0.05, 0.1) is 25.4 Å². The number of nitrogens with two attached hydrogens (primary N) is 1. The Labute approximate surface area is 53.2 Å². The second-order valence-corrected chi connectivity index (χ2v) is 2.21. The number of ether oxygens (including phenoxy) is 1. The van der Waals surface area contributed by atoms with Gasteiger partial charge in [0, 0.05) is 0 Å². The van der Waals surface area contributed by atoms with E-state index < -0.39 is 12.2 Å². The summed E-state index contributed by atoms with van der Waals surface area (Å²) in [6.07, 6.45) is -1.17. The zero-order valence-electron chi connectivity index (χ0n) is 5.03. The third kappa shape index (κ3) is 1.21. The number of hydrogen-bond acceptors (Lipinski definition) is 4. The molecular formula is C5H11NO3. The van der Waals surface area contributed by atoms with Crippen molar-refractivity contribution >= 4 is 0 Å². The minimum Gasteiger partial charge on any atom is -0.394 e. The molecule has 3 atom stereocenters. The molecule has 2 unspecified atom stereocenters. The van der Waals surface area contributed by atoms with Crippen molar-refractivity contribution in [3.8, 4) is 0 Å². The van der Waals surface area contributed by atoms with Gasteiger partial charge in [-0.1, -0.05) is 0 Å². The summed E-state index contributed by atoms with van der Waals surface area (Å²) >= 11 is 0. The monoisotopic (exact) mass is 133 g/mol. The number of rotatable bonds is 1. The Bertz CT molecular complexity index is 98.2. The molecule has 1 fully saturated rings. The lowest BCUT2D eigenvalue weighted by Gasteiger charge is -2.10. The molecule has 4 heteroatoms. The molecule has 4 N–H and O–H groups in total. The van der Waals surface area contributed by atoms with E-state index in [2.05, 4.69) is 0 Å². The van der Waals surface area contributed by atoms with Crippen molar-refractivity contribution in [1.82, 2.24) is 0 Å². The summed E-state index contributed by atoms with van der Waals surface area (Å²) in [5.41, 5.74) is 5.36. The van der Waals surface area contributed by atoms with Gasteiger partial charge in [0.1, 0.15) is 6.10 Å². The molecule has 1 heterocycles. The molecule has 0 saturated carbocycles. The summed E-state index contributed by atoms with van der Waals surface area (Å²) in [6, 6.07) is -0.331. The van der Waals surface area contributed by atoms with Gasteiger partial charge in [-0.05, 0) is 0 Å². The second-order valence-electron chi connectivity index (χ2n) is 2.21. The van der Waals surface area contributed by atoms with Crippen molar-refractivity contribution in [2.75, 3.05) is 13.2 Å². The van der Waals surface area contributed by atoms with Crippen molar-refractivity contribution in [1.29, 1.82) is 0 Å². The highest BCUT2D eigenvalue weighted by Gasteiger charge is 2.32. The van der Waals surface area contributed by atoms with Crippen molar-refractivity contribution in [3.63, 3.8) is 0 Å². The Kier molecular flexibility index (Phi) is 2.02. The van der Waals surface area contributed by atoms with Gasteiger partial charge in [-0.3, -0.25) is 0 Å². The third-order valence-corrected chi connectivity index (χ3v) is 1.50. The van der Waals surface area contributed by atoms with Crippen LogP contribution in [0.25, 0.3) is 0 Å². The molecule has 0 bridgehead atoms. The Balaban J connectivity index is 2.41. The summed E-state index contributed by atoms with van der Waals surface area (Å²) in [4.78, 5) is 0. The van der Waals surface area contributed by atoms with Gasteiger partial charge in [-0.2, -0.15) is 0 Å². The molecule has 4 nitrogen and oxygen atoms in total. The topological polar surface area (TPSA) is 75.7 Å². The fourth-order valence-electron chi connectivity index (χ4n) is 0.868. The second kappa shape index (κ2) is 2.62. The van der Waals surface area contributed by atoms with E-state index in [0.717, 1.165) is 0 Å². The number of aliphatic hydroxyl groups is 2. The van der Waals surface area contributed by atoms with Gasteiger partial charge in [0.15, 0.2) is 0 Å². The van der Waals surface area contributed by atoms with Crippen molar-refractivity contribution in [3.05, 3.63) is 0 Å². The zero-order valence-corrected chi connectivity index (χ0v) is 5.03. The molecule has 1 rings (SSSR count). The number of hydrogen-bond donors (Lipinski definition) is 3. The normalized spacial score (nSPS) is 43.7. The highest BCUT2D eigenvalue weighted by molar-refractivity contribution is 4.85. The van der Waals surface area contributed by atoms with E-state index in [4.69, 9.17) is 20.7 Å². The van der Waals surface area contributed by atoms with Crippen LogP contribution in [-0.4, -0.2) is 41.7 Å². The van der Waals surface area contributed by atoms with E-state index in [-0.39, 0.29) is 12.6 Å². The summed E-state index contributed by atoms with van der Waals surface area (Å²) in [5, 5.41) is 17.6. The van der Waals surface area contributed by atoms with Crippen LogP contribution in [0.4, 0.5) is 0 Å². The van der Waals surface area contributed by atoms with Gasteiger partial charge in [-0.15, -0.1) is 0 Å². The molecule has 0 aromatic carbocycles. The van der Waals surface area contributed by atoms with Crippen LogP contribution in [0, 0.1) is 0 Å². The van der Waals surface area contributed by atoms with Crippen LogP contribution in [0.5, 0.6) is 0 Å². The largest absolute Gasteiger partial charge is 0.394 e. The maximum absolute atomic E-state index is 9.05. The molecule has 54 valence electrons. The predicted octanol–water partition coefficient (Wildman–Crippen LogP) is -1.93. The highest BCUT2D eigenvalue weighted by Crippen LogP contribution is 2.10. The van der Waals surface area contributed by atoms with Crippen LogP contribution in [0.3, 0.4) is 0 Å². The standard InChI is InChI=1S/C5H11NO3/c6-3-2-9-4(1-7)5(3)8/h3-5,7-8H,1-2,6H2/t3?,4-,5?/m1/s1. The quantitative estimate of drug-likeness (QED) is 0.389. The smallest absolute Gasteiger partial charge is 0.108 e. The van der Waals surface area contributed by atoms with E-state index in [0.29, 0.717) is 6.61 Å². The van der Waals surface area contributed by atoms with Crippen LogP contribution < -0.4 is 5.73 Å². The first kappa shape index (κ1) is 6.95. The van der Waals surface area contributed by atoms with Gasteiger partial charge in [0.2, 0.25) is 0 Å². The third-order valence-electron chi connectivity index (χ3n) is 1.50. The predicted molar refractivity (Wildman–Crippen MR) is 30.8 cm³/mol. The lowest BCUT2D eigenvalue weighted by molar-refractivity contribution is 0.00336. The zero-order chi connectivity index (χ0) is 6.85. The summed E-state index contributed by atoms with van der Waals surface area (Å²) in [7, 11) is 0. The van der Waals surface area contributed by atoms with Gasteiger partial charge in [0.25, 0.3) is 0 Å². The lowest BCUT2D eigenvalue weighted by atomic mass is 10.1. The van der Waals surface area contributed by atoms with Gasteiger partial charge < -0.3 is 20.7 Å². The van der Waals surface area contributed by atoms with Crippen LogP contribution in [0.15, 0.2) is 0 Å². The Morgan fingerprint density at radius 1 is 1.67 bits per heavy atom. The Hall–Kier alpha value is -0.160. The molecule has 1 aliphatic heterocycles. The van der Waals surface area contributed by atoms with E-state index in [1.165, 1.54) is 0 Å². The van der Waals surface area contributed by atoms with Crippen LogP contribution in [0.2, 0.25) is 0 Å². The minimum absolute atomic E-state index is 0.158. The first-order valence-corrected chi connectivity index (χ1v) is 2.92. The highest BCUT2D eigenvalue weighted by atomic mass is 16.5. The fraction of sp³-hybridized carbons (Fsp3) is 1.00. The van der Waals surface area contributed by atoms with Crippen LogP contribution in [0.1, 0.15) is 0 Å². The van der Waals surface area contributed by atoms with Crippen molar-refractivity contribution < 1.29 is 14.9 Å². The Morgan fingerprint density at radius 2 is 2.33 bits per heavy atom. The van der Waals surface area contributed by atoms with Crippen LogP contribution >= 0.6 is 0 Å². The molecule has 0 radical (unpaired) electrons. The van der Waals surface area contributed by atoms with E-state index >= 15 is 0 Å². The molecule has 0 spiro atoms. The van der Waals surface area contributed by atoms with E-state index in [1.807, 2.05) is 0 Å². The molecular weight excluding hydrogens is 122 g/mol. The SMILES string of the molecule is NC1CO[C@H](CO)C1O. The molecule has 9 heavy (non-hydrogen) atoms. The average Bonchev–Trinajstić information content (AvgIpc) is 2.15. The Morgan fingerprint density at radius 3 is 2.56 bits per heavy atom.